The maximum Gasteiger partial charge on any atom is 0.129 e. The van der Waals surface area contributed by atoms with Gasteiger partial charge in [0.2, 0.25) is 0 Å². The molecule has 17 heavy (non-hydrogen) atoms. The minimum Gasteiger partial charge on any atom is -0.380 e. The molecule has 3 N–H and O–H groups in total. The highest BCUT2D eigenvalue weighted by atomic mass is 19.1. The van der Waals surface area contributed by atoms with Crippen LogP contribution in [0.2, 0.25) is 0 Å². The van der Waals surface area contributed by atoms with Gasteiger partial charge in [0.1, 0.15) is 11.6 Å². The van der Waals surface area contributed by atoms with Crippen LogP contribution in [0.3, 0.4) is 0 Å². The number of nitrogens with one attached hydrogen (secondary N) is 1. The third kappa shape index (κ3) is 4.38. The second-order valence-corrected chi connectivity index (χ2v) is 3.84. The van der Waals surface area contributed by atoms with Crippen molar-refractivity contribution in [2.75, 3.05) is 13.2 Å². The van der Waals surface area contributed by atoms with Gasteiger partial charge in [-0.05, 0) is 25.0 Å². The Morgan fingerprint density at radius 3 is 2.53 bits per heavy atom. The second-order valence-electron chi connectivity index (χ2n) is 3.84. The first kappa shape index (κ1) is 14.0. The van der Waals surface area contributed by atoms with Gasteiger partial charge in [-0.1, -0.05) is 13.0 Å². The van der Waals surface area contributed by atoms with Crippen molar-refractivity contribution in [2.24, 2.45) is 5.84 Å². The Morgan fingerprint density at radius 1 is 1.35 bits per heavy atom. The summed E-state index contributed by atoms with van der Waals surface area (Å²) in [6, 6.07) is 3.51. The number of nitrogens with two attached hydrogens (primary N) is 1. The van der Waals surface area contributed by atoms with E-state index in [4.69, 9.17) is 10.6 Å². The number of hydrogen-bond donors (Lipinski definition) is 2. The summed E-state index contributed by atoms with van der Waals surface area (Å²) in [6.07, 6.45) is 1.06. The van der Waals surface area contributed by atoms with E-state index in [1.807, 2.05) is 6.92 Å². The summed E-state index contributed by atoms with van der Waals surface area (Å²) < 4.78 is 32.1. The molecule has 5 heteroatoms. The molecule has 1 aromatic rings. The van der Waals surface area contributed by atoms with Gasteiger partial charge in [-0.3, -0.25) is 11.3 Å². The van der Waals surface area contributed by atoms with E-state index in [0.29, 0.717) is 13.2 Å². The molecular weight excluding hydrogens is 226 g/mol. The molecular formula is C12H18F2N2O. The molecule has 0 fully saturated rings. The zero-order chi connectivity index (χ0) is 12.7. The van der Waals surface area contributed by atoms with Crippen LogP contribution in [0, 0.1) is 11.6 Å². The lowest BCUT2D eigenvalue weighted by atomic mass is 10.1. The Hall–Kier alpha value is -1.04. The van der Waals surface area contributed by atoms with Crippen molar-refractivity contribution in [2.45, 2.75) is 25.8 Å². The van der Waals surface area contributed by atoms with Gasteiger partial charge in [0, 0.05) is 18.2 Å². The van der Waals surface area contributed by atoms with Gasteiger partial charge in [0.05, 0.1) is 6.61 Å². The first-order chi connectivity index (χ1) is 8.19. The molecule has 0 heterocycles. The molecule has 0 saturated carbocycles. The highest BCUT2D eigenvalue weighted by Gasteiger charge is 2.14. The lowest BCUT2D eigenvalue weighted by Gasteiger charge is -2.16. The third-order valence-corrected chi connectivity index (χ3v) is 2.42. The van der Waals surface area contributed by atoms with Gasteiger partial charge < -0.3 is 4.74 Å². The van der Waals surface area contributed by atoms with Crippen LogP contribution in [-0.4, -0.2) is 19.3 Å². The minimum atomic E-state index is -0.555. The van der Waals surface area contributed by atoms with E-state index in [9.17, 15) is 8.78 Å². The summed E-state index contributed by atoms with van der Waals surface area (Å²) in [5, 5.41) is 0. The molecule has 0 amide bonds. The Morgan fingerprint density at radius 2 is 2.00 bits per heavy atom. The highest BCUT2D eigenvalue weighted by Crippen LogP contribution is 2.14. The van der Waals surface area contributed by atoms with Gasteiger partial charge >= 0.3 is 0 Å². The van der Waals surface area contributed by atoms with Crippen molar-refractivity contribution < 1.29 is 13.5 Å². The Labute approximate surface area is 99.9 Å². The molecule has 3 nitrogen and oxygen atoms in total. The van der Waals surface area contributed by atoms with E-state index in [1.54, 1.807) is 0 Å². The monoisotopic (exact) mass is 244 g/mol. The zero-order valence-electron chi connectivity index (χ0n) is 9.88. The fraction of sp³-hybridized carbons (Fsp3) is 0.500. The standard InChI is InChI=1S/C12H18F2N2O/c1-2-6-17-8-9(16-15)7-10-11(13)4-3-5-12(10)14/h3-5,9,16H,2,6-8,15H2,1H3. The summed E-state index contributed by atoms with van der Waals surface area (Å²) in [5.41, 5.74) is 2.54. The number of ether oxygens (including phenoxy) is 1. The highest BCUT2D eigenvalue weighted by molar-refractivity contribution is 5.20. The van der Waals surface area contributed by atoms with E-state index in [0.717, 1.165) is 6.42 Å². The quantitative estimate of drug-likeness (QED) is 0.436. The fourth-order valence-corrected chi connectivity index (χ4v) is 1.51. The topological polar surface area (TPSA) is 47.3 Å². The maximum absolute atomic E-state index is 13.4. The number of hydrogen-bond acceptors (Lipinski definition) is 3. The van der Waals surface area contributed by atoms with Crippen LogP contribution in [0.4, 0.5) is 8.78 Å². The average Bonchev–Trinajstić information content (AvgIpc) is 2.32. The molecule has 0 aromatic heterocycles. The predicted octanol–water partition coefficient (Wildman–Crippen LogP) is 1.77. The first-order valence-corrected chi connectivity index (χ1v) is 5.65. The molecule has 0 saturated heterocycles. The van der Waals surface area contributed by atoms with Crippen molar-refractivity contribution in [1.29, 1.82) is 0 Å². The van der Waals surface area contributed by atoms with Crippen molar-refractivity contribution >= 4 is 0 Å². The summed E-state index contributed by atoms with van der Waals surface area (Å²) in [7, 11) is 0. The van der Waals surface area contributed by atoms with E-state index in [2.05, 4.69) is 5.43 Å². The number of halogens is 2. The summed E-state index contributed by atoms with van der Waals surface area (Å²) in [5.74, 6) is 4.22. The van der Waals surface area contributed by atoms with E-state index in [-0.39, 0.29) is 18.0 Å². The number of hydrazine groups is 1. The first-order valence-electron chi connectivity index (χ1n) is 5.65. The van der Waals surface area contributed by atoms with E-state index >= 15 is 0 Å². The third-order valence-electron chi connectivity index (χ3n) is 2.42. The average molecular weight is 244 g/mol. The predicted molar refractivity (Wildman–Crippen MR) is 62.3 cm³/mol. The molecule has 0 aliphatic carbocycles. The SMILES string of the molecule is CCCOCC(Cc1c(F)cccc1F)NN. The van der Waals surface area contributed by atoms with Gasteiger partial charge in [-0.15, -0.1) is 0 Å². The van der Waals surface area contributed by atoms with Gasteiger partial charge in [-0.25, -0.2) is 8.78 Å². The van der Waals surface area contributed by atoms with Crippen LogP contribution in [0.25, 0.3) is 0 Å². The van der Waals surface area contributed by atoms with Crippen molar-refractivity contribution in [3.05, 3.63) is 35.4 Å². The summed E-state index contributed by atoms with van der Waals surface area (Å²) in [6.45, 7) is 2.93. The molecule has 96 valence electrons. The van der Waals surface area contributed by atoms with E-state index in [1.165, 1.54) is 18.2 Å². The number of benzene rings is 1. The molecule has 0 aliphatic rings. The fourth-order valence-electron chi connectivity index (χ4n) is 1.51. The molecule has 1 rings (SSSR count). The largest absolute Gasteiger partial charge is 0.380 e. The zero-order valence-corrected chi connectivity index (χ0v) is 9.88. The van der Waals surface area contributed by atoms with Crippen LogP contribution in [0.15, 0.2) is 18.2 Å². The van der Waals surface area contributed by atoms with Crippen LogP contribution in [0.5, 0.6) is 0 Å². The Kier molecular flexibility index (Phi) is 6.04. The molecule has 0 bridgehead atoms. The normalized spacial score (nSPS) is 12.7. The Bertz CT molecular complexity index is 327. The molecule has 1 atom stereocenters. The molecule has 1 aromatic carbocycles. The number of rotatable bonds is 7. The van der Waals surface area contributed by atoms with Gasteiger partial charge in [0.25, 0.3) is 0 Å². The van der Waals surface area contributed by atoms with Gasteiger partial charge in [0.15, 0.2) is 0 Å². The van der Waals surface area contributed by atoms with Crippen molar-refractivity contribution in [1.82, 2.24) is 5.43 Å². The lowest BCUT2D eigenvalue weighted by Crippen LogP contribution is -2.40. The molecule has 0 radical (unpaired) electrons. The Balaban J connectivity index is 2.60. The smallest absolute Gasteiger partial charge is 0.129 e. The van der Waals surface area contributed by atoms with Gasteiger partial charge in [-0.2, -0.15) is 0 Å². The minimum absolute atomic E-state index is 0.0375. The van der Waals surface area contributed by atoms with E-state index < -0.39 is 11.6 Å². The maximum atomic E-state index is 13.4. The summed E-state index contributed by atoms with van der Waals surface area (Å²) in [4.78, 5) is 0. The van der Waals surface area contributed by atoms with Crippen molar-refractivity contribution in [3.8, 4) is 0 Å². The van der Waals surface area contributed by atoms with Crippen LogP contribution in [0.1, 0.15) is 18.9 Å². The van der Waals surface area contributed by atoms with Crippen molar-refractivity contribution in [3.63, 3.8) is 0 Å². The molecule has 1 unspecified atom stereocenters. The van der Waals surface area contributed by atoms with Crippen LogP contribution in [-0.2, 0) is 11.2 Å². The van der Waals surface area contributed by atoms with Crippen LogP contribution >= 0.6 is 0 Å². The molecule has 0 aliphatic heterocycles. The van der Waals surface area contributed by atoms with Crippen LogP contribution < -0.4 is 11.3 Å². The second kappa shape index (κ2) is 7.32. The summed E-state index contributed by atoms with van der Waals surface area (Å²) >= 11 is 0. The molecule has 0 spiro atoms. The lowest BCUT2D eigenvalue weighted by molar-refractivity contribution is 0.111.